The lowest BCUT2D eigenvalue weighted by Gasteiger charge is -2.13. The molecular formula is C13H21NO2. The van der Waals surface area contributed by atoms with Crippen LogP contribution in [0, 0.1) is 0 Å². The van der Waals surface area contributed by atoms with E-state index in [1.807, 2.05) is 18.2 Å². The molecule has 0 radical (unpaired) electrons. The van der Waals surface area contributed by atoms with Crippen LogP contribution in [0.2, 0.25) is 0 Å². The average Bonchev–Trinajstić information content (AvgIpc) is 2.27. The molecule has 0 spiro atoms. The minimum Gasteiger partial charge on any atom is -0.491 e. The number of benzene rings is 1. The van der Waals surface area contributed by atoms with Crippen LogP contribution >= 0.6 is 0 Å². The lowest BCUT2D eigenvalue weighted by Crippen LogP contribution is -2.21. The Morgan fingerprint density at radius 1 is 1.38 bits per heavy atom. The Morgan fingerprint density at radius 3 is 2.75 bits per heavy atom. The maximum absolute atomic E-state index is 9.48. The van der Waals surface area contributed by atoms with Crippen LogP contribution < -0.4 is 10.5 Å². The standard InChI is InChI=1S/C13H21NO2/c1-10(2)11-4-3-5-13(8-11)16-9-12(15)6-7-14/h3-5,8,10,12,15H,6-7,9,14H2,1-2H3. The molecule has 0 aliphatic heterocycles. The zero-order chi connectivity index (χ0) is 12.0. The molecular weight excluding hydrogens is 202 g/mol. The molecule has 1 atom stereocenters. The Hall–Kier alpha value is -1.06. The second-order valence-electron chi connectivity index (χ2n) is 4.27. The van der Waals surface area contributed by atoms with Gasteiger partial charge in [-0.1, -0.05) is 26.0 Å². The highest BCUT2D eigenvalue weighted by Crippen LogP contribution is 2.20. The highest BCUT2D eigenvalue weighted by molar-refractivity contribution is 5.30. The van der Waals surface area contributed by atoms with Crippen LogP contribution in [0.1, 0.15) is 31.7 Å². The molecule has 0 aliphatic rings. The van der Waals surface area contributed by atoms with E-state index in [1.165, 1.54) is 5.56 Å². The zero-order valence-corrected chi connectivity index (χ0v) is 10.0. The number of aliphatic hydroxyl groups is 1. The first kappa shape index (κ1) is 13.0. The molecule has 16 heavy (non-hydrogen) atoms. The number of rotatable bonds is 6. The van der Waals surface area contributed by atoms with Gasteiger partial charge in [0.2, 0.25) is 0 Å². The molecule has 0 aliphatic carbocycles. The molecule has 0 aromatic heterocycles. The van der Waals surface area contributed by atoms with Crippen molar-refractivity contribution < 1.29 is 9.84 Å². The van der Waals surface area contributed by atoms with Gasteiger partial charge in [-0.15, -0.1) is 0 Å². The smallest absolute Gasteiger partial charge is 0.119 e. The third-order valence-electron chi connectivity index (χ3n) is 2.47. The minimum atomic E-state index is -0.479. The Bertz CT molecular complexity index is 313. The Labute approximate surface area is 97.2 Å². The van der Waals surface area contributed by atoms with Gasteiger partial charge in [0.15, 0.2) is 0 Å². The molecule has 0 heterocycles. The number of nitrogens with two attached hydrogens (primary N) is 1. The van der Waals surface area contributed by atoms with Crippen molar-refractivity contribution in [3.63, 3.8) is 0 Å². The molecule has 90 valence electrons. The summed E-state index contributed by atoms with van der Waals surface area (Å²) in [4.78, 5) is 0. The van der Waals surface area contributed by atoms with Crippen molar-refractivity contribution in [3.05, 3.63) is 29.8 Å². The molecule has 1 unspecified atom stereocenters. The Kier molecular flexibility index (Phi) is 5.29. The fraction of sp³-hybridized carbons (Fsp3) is 0.538. The molecule has 0 saturated heterocycles. The predicted octanol–water partition coefficient (Wildman–Crippen LogP) is 1.90. The van der Waals surface area contributed by atoms with Gasteiger partial charge in [0, 0.05) is 0 Å². The monoisotopic (exact) mass is 223 g/mol. The Balaban J connectivity index is 2.50. The Morgan fingerprint density at radius 2 is 2.12 bits per heavy atom. The first-order valence-corrected chi connectivity index (χ1v) is 5.74. The van der Waals surface area contributed by atoms with Crippen LogP contribution in [0.4, 0.5) is 0 Å². The van der Waals surface area contributed by atoms with E-state index < -0.39 is 6.10 Å². The quantitative estimate of drug-likeness (QED) is 0.774. The van der Waals surface area contributed by atoms with E-state index in [9.17, 15) is 5.11 Å². The largest absolute Gasteiger partial charge is 0.491 e. The van der Waals surface area contributed by atoms with Gasteiger partial charge in [0.1, 0.15) is 12.4 Å². The summed E-state index contributed by atoms with van der Waals surface area (Å²) in [5.74, 6) is 1.29. The lowest BCUT2D eigenvalue weighted by atomic mass is 10.0. The van der Waals surface area contributed by atoms with Gasteiger partial charge in [0.25, 0.3) is 0 Å². The van der Waals surface area contributed by atoms with Gasteiger partial charge in [-0.3, -0.25) is 0 Å². The zero-order valence-electron chi connectivity index (χ0n) is 10.0. The molecule has 0 bridgehead atoms. The van der Waals surface area contributed by atoms with Crippen LogP contribution in [-0.2, 0) is 0 Å². The van der Waals surface area contributed by atoms with Gasteiger partial charge in [-0.2, -0.15) is 0 Å². The van der Waals surface area contributed by atoms with E-state index in [2.05, 4.69) is 19.9 Å². The van der Waals surface area contributed by atoms with E-state index in [0.717, 1.165) is 5.75 Å². The van der Waals surface area contributed by atoms with E-state index >= 15 is 0 Å². The van der Waals surface area contributed by atoms with Crippen molar-refractivity contribution >= 4 is 0 Å². The summed E-state index contributed by atoms with van der Waals surface area (Å²) in [7, 11) is 0. The number of hydrogen-bond donors (Lipinski definition) is 2. The van der Waals surface area contributed by atoms with Gasteiger partial charge in [0.05, 0.1) is 6.10 Å². The maximum Gasteiger partial charge on any atom is 0.119 e. The summed E-state index contributed by atoms with van der Waals surface area (Å²) in [5.41, 5.74) is 6.59. The van der Waals surface area contributed by atoms with E-state index in [0.29, 0.717) is 25.5 Å². The summed E-state index contributed by atoms with van der Waals surface area (Å²) in [6.45, 7) is 5.07. The number of aliphatic hydroxyl groups excluding tert-OH is 1. The van der Waals surface area contributed by atoms with Crippen molar-refractivity contribution in [3.8, 4) is 5.75 Å². The molecule has 3 heteroatoms. The summed E-state index contributed by atoms with van der Waals surface area (Å²) in [6.07, 6.45) is 0.0943. The van der Waals surface area contributed by atoms with Crippen LogP contribution in [0.5, 0.6) is 5.75 Å². The first-order chi connectivity index (χ1) is 7.63. The van der Waals surface area contributed by atoms with Gasteiger partial charge in [-0.05, 0) is 36.6 Å². The van der Waals surface area contributed by atoms with Gasteiger partial charge in [-0.25, -0.2) is 0 Å². The third kappa shape index (κ3) is 4.21. The van der Waals surface area contributed by atoms with E-state index in [4.69, 9.17) is 10.5 Å². The summed E-state index contributed by atoms with van der Waals surface area (Å²) in [6, 6.07) is 7.97. The predicted molar refractivity (Wildman–Crippen MR) is 65.7 cm³/mol. The van der Waals surface area contributed by atoms with Crippen molar-refractivity contribution in [1.82, 2.24) is 0 Å². The number of hydrogen-bond acceptors (Lipinski definition) is 3. The SMILES string of the molecule is CC(C)c1cccc(OCC(O)CCN)c1. The minimum absolute atomic E-state index is 0.304. The van der Waals surface area contributed by atoms with Gasteiger partial charge < -0.3 is 15.6 Å². The second-order valence-corrected chi connectivity index (χ2v) is 4.27. The summed E-state index contributed by atoms with van der Waals surface area (Å²) in [5, 5.41) is 9.48. The molecule has 3 N–H and O–H groups in total. The molecule has 1 aromatic rings. The van der Waals surface area contributed by atoms with Crippen molar-refractivity contribution in [2.75, 3.05) is 13.2 Å². The highest BCUT2D eigenvalue weighted by Gasteiger charge is 2.05. The van der Waals surface area contributed by atoms with Crippen LogP contribution in [0.25, 0.3) is 0 Å². The summed E-state index contributed by atoms with van der Waals surface area (Å²) < 4.78 is 5.51. The lowest BCUT2D eigenvalue weighted by molar-refractivity contribution is 0.102. The molecule has 3 nitrogen and oxygen atoms in total. The fourth-order valence-electron chi connectivity index (χ4n) is 1.43. The average molecular weight is 223 g/mol. The number of ether oxygens (including phenoxy) is 1. The molecule has 1 rings (SSSR count). The van der Waals surface area contributed by atoms with Crippen LogP contribution in [0.3, 0.4) is 0 Å². The molecule has 0 amide bonds. The molecule has 1 aromatic carbocycles. The van der Waals surface area contributed by atoms with Crippen molar-refractivity contribution in [1.29, 1.82) is 0 Å². The first-order valence-electron chi connectivity index (χ1n) is 5.74. The highest BCUT2D eigenvalue weighted by atomic mass is 16.5. The topological polar surface area (TPSA) is 55.5 Å². The van der Waals surface area contributed by atoms with Crippen LogP contribution in [-0.4, -0.2) is 24.4 Å². The maximum atomic E-state index is 9.48. The fourth-order valence-corrected chi connectivity index (χ4v) is 1.43. The van der Waals surface area contributed by atoms with Gasteiger partial charge >= 0.3 is 0 Å². The normalized spacial score (nSPS) is 12.8. The third-order valence-corrected chi connectivity index (χ3v) is 2.47. The van der Waals surface area contributed by atoms with Crippen molar-refractivity contribution in [2.45, 2.75) is 32.3 Å². The van der Waals surface area contributed by atoms with Crippen molar-refractivity contribution in [2.24, 2.45) is 5.73 Å². The molecule has 0 saturated carbocycles. The van der Waals surface area contributed by atoms with Crippen LogP contribution in [0.15, 0.2) is 24.3 Å². The van der Waals surface area contributed by atoms with E-state index in [-0.39, 0.29) is 0 Å². The molecule has 0 fully saturated rings. The second kappa shape index (κ2) is 6.51. The van der Waals surface area contributed by atoms with E-state index in [1.54, 1.807) is 0 Å². The summed E-state index contributed by atoms with van der Waals surface area (Å²) >= 11 is 0.